The van der Waals surface area contributed by atoms with Gasteiger partial charge in [0.15, 0.2) is 0 Å². The second-order valence-electron chi connectivity index (χ2n) is 5.56. The molecule has 2 aliphatic carbocycles. The summed E-state index contributed by atoms with van der Waals surface area (Å²) in [5.41, 5.74) is 2.89. The molecule has 3 nitrogen and oxygen atoms in total. The number of aryl methyl sites for hydroxylation is 2. The van der Waals surface area contributed by atoms with E-state index in [0.717, 1.165) is 19.0 Å². The van der Waals surface area contributed by atoms with Gasteiger partial charge in [0.1, 0.15) is 5.82 Å². The van der Waals surface area contributed by atoms with E-state index in [9.17, 15) is 0 Å². The number of imidazole rings is 1. The van der Waals surface area contributed by atoms with E-state index in [2.05, 4.69) is 16.8 Å². The van der Waals surface area contributed by atoms with Gasteiger partial charge in [-0.05, 0) is 57.9 Å². The fourth-order valence-corrected chi connectivity index (χ4v) is 2.85. The molecule has 0 aliphatic heterocycles. The van der Waals surface area contributed by atoms with Crippen molar-refractivity contribution in [1.82, 2.24) is 14.9 Å². The lowest BCUT2D eigenvalue weighted by molar-refractivity contribution is 0.544. The minimum absolute atomic E-state index is 0.979. The summed E-state index contributed by atoms with van der Waals surface area (Å²) in [5, 5.41) is 3.57. The Morgan fingerprint density at radius 3 is 2.94 bits per heavy atom. The van der Waals surface area contributed by atoms with Crippen LogP contribution in [0.5, 0.6) is 0 Å². The molecule has 0 amide bonds. The Balaban J connectivity index is 1.58. The van der Waals surface area contributed by atoms with Gasteiger partial charge in [-0.3, -0.25) is 0 Å². The Bertz CT molecular complexity index is 390. The lowest BCUT2D eigenvalue weighted by Gasteiger charge is -2.15. The first-order valence-corrected chi connectivity index (χ1v) is 7.10. The van der Waals surface area contributed by atoms with Gasteiger partial charge in [-0.25, -0.2) is 4.98 Å². The lowest BCUT2D eigenvalue weighted by atomic mass is 10.0. The summed E-state index contributed by atoms with van der Waals surface area (Å²) < 4.78 is 2.44. The maximum atomic E-state index is 4.71. The van der Waals surface area contributed by atoms with Crippen molar-refractivity contribution in [2.75, 3.05) is 13.1 Å². The summed E-state index contributed by atoms with van der Waals surface area (Å²) >= 11 is 0. The van der Waals surface area contributed by atoms with E-state index in [-0.39, 0.29) is 0 Å². The third-order valence-electron chi connectivity index (χ3n) is 4.07. The van der Waals surface area contributed by atoms with E-state index in [1.165, 1.54) is 62.3 Å². The highest BCUT2D eigenvalue weighted by molar-refractivity contribution is 5.19. The standard InChI is InChI=1S/C14H23N3/c1-11-16-13-4-2-3-5-14(13)17(11)9-8-15-10-12-6-7-12/h12,15H,2-10H2,1H3. The molecule has 0 unspecified atom stereocenters. The maximum absolute atomic E-state index is 4.71. The lowest BCUT2D eigenvalue weighted by Crippen LogP contribution is -2.23. The average molecular weight is 233 g/mol. The smallest absolute Gasteiger partial charge is 0.106 e. The third-order valence-corrected chi connectivity index (χ3v) is 4.07. The summed E-state index contributed by atoms with van der Waals surface area (Å²) in [6.07, 6.45) is 7.97. The van der Waals surface area contributed by atoms with Crippen LogP contribution in [0.1, 0.15) is 42.9 Å². The van der Waals surface area contributed by atoms with E-state index < -0.39 is 0 Å². The molecule has 0 spiro atoms. The number of nitrogens with one attached hydrogen (secondary N) is 1. The molecule has 1 fully saturated rings. The molecule has 17 heavy (non-hydrogen) atoms. The van der Waals surface area contributed by atoms with Crippen LogP contribution in [0.2, 0.25) is 0 Å². The molecule has 94 valence electrons. The van der Waals surface area contributed by atoms with E-state index in [0.29, 0.717) is 0 Å². The highest BCUT2D eigenvalue weighted by Crippen LogP contribution is 2.27. The van der Waals surface area contributed by atoms with Crippen molar-refractivity contribution in [3.8, 4) is 0 Å². The summed E-state index contributed by atoms with van der Waals surface area (Å²) in [4.78, 5) is 4.71. The van der Waals surface area contributed by atoms with Gasteiger partial charge in [0.2, 0.25) is 0 Å². The second kappa shape index (κ2) is 4.81. The SMILES string of the molecule is Cc1nc2c(n1CCNCC1CC1)CCCC2. The van der Waals surface area contributed by atoms with Crippen LogP contribution in [0, 0.1) is 12.8 Å². The predicted molar refractivity (Wildman–Crippen MR) is 69.2 cm³/mol. The largest absolute Gasteiger partial charge is 0.331 e. The normalized spacial score (nSPS) is 19.4. The highest BCUT2D eigenvalue weighted by atomic mass is 15.1. The number of fused-ring (bicyclic) bond motifs is 1. The van der Waals surface area contributed by atoms with E-state index in [1.807, 2.05) is 0 Å². The van der Waals surface area contributed by atoms with Crippen molar-refractivity contribution < 1.29 is 0 Å². The fraction of sp³-hybridized carbons (Fsp3) is 0.786. The van der Waals surface area contributed by atoms with Gasteiger partial charge >= 0.3 is 0 Å². The highest BCUT2D eigenvalue weighted by Gasteiger charge is 2.20. The fourth-order valence-electron chi connectivity index (χ4n) is 2.85. The van der Waals surface area contributed by atoms with Crippen LogP contribution in [0.25, 0.3) is 0 Å². The zero-order valence-corrected chi connectivity index (χ0v) is 10.8. The van der Waals surface area contributed by atoms with Crippen LogP contribution in [-0.2, 0) is 19.4 Å². The number of aromatic nitrogens is 2. The predicted octanol–water partition coefficient (Wildman–Crippen LogP) is 2.07. The van der Waals surface area contributed by atoms with Crippen LogP contribution in [0.4, 0.5) is 0 Å². The van der Waals surface area contributed by atoms with Crippen molar-refractivity contribution in [3.63, 3.8) is 0 Å². The Morgan fingerprint density at radius 1 is 1.29 bits per heavy atom. The molecular weight excluding hydrogens is 210 g/mol. The van der Waals surface area contributed by atoms with Crippen LogP contribution >= 0.6 is 0 Å². The maximum Gasteiger partial charge on any atom is 0.106 e. The number of nitrogens with zero attached hydrogens (tertiary/aromatic N) is 2. The number of hydrogen-bond acceptors (Lipinski definition) is 2. The monoisotopic (exact) mass is 233 g/mol. The van der Waals surface area contributed by atoms with Gasteiger partial charge in [0.25, 0.3) is 0 Å². The molecule has 0 saturated heterocycles. The zero-order chi connectivity index (χ0) is 11.7. The van der Waals surface area contributed by atoms with Gasteiger partial charge in [0, 0.05) is 18.8 Å². The molecule has 2 aliphatic rings. The van der Waals surface area contributed by atoms with Crippen LogP contribution in [0.15, 0.2) is 0 Å². The summed E-state index contributed by atoms with van der Waals surface area (Å²) in [6, 6.07) is 0. The topological polar surface area (TPSA) is 29.9 Å². The Kier molecular flexibility index (Phi) is 3.19. The first kappa shape index (κ1) is 11.3. The zero-order valence-electron chi connectivity index (χ0n) is 10.8. The molecule has 0 aromatic carbocycles. The second-order valence-corrected chi connectivity index (χ2v) is 5.56. The Labute approximate surface area is 104 Å². The van der Waals surface area contributed by atoms with Crippen molar-refractivity contribution in [1.29, 1.82) is 0 Å². The van der Waals surface area contributed by atoms with Gasteiger partial charge < -0.3 is 9.88 Å². The van der Waals surface area contributed by atoms with Crippen molar-refractivity contribution in [3.05, 3.63) is 17.2 Å². The molecule has 1 aromatic rings. The molecular formula is C14H23N3. The first-order valence-electron chi connectivity index (χ1n) is 7.10. The molecule has 0 atom stereocenters. The Hall–Kier alpha value is -0.830. The van der Waals surface area contributed by atoms with Crippen LogP contribution in [0.3, 0.4) is 0 Å². The van der Waals surface area contributed by atoms with Crippen LogP contribution in [-0.4, -0.2) is 22.6 Å². The summed E-state index contributed by atoms with van der Waals surface area (Å²) in [6.45, 7) is 5.57. The van der Waals surface area contributed by atoms with Gasteiger partial charge in [-0.15, -0.1) is 0 Å². The number of rotatable bonds is 5. The summed E-state index contributed by atoms with van der Waals surface area (Å²) in [7, 11) is 0. The molecule has 0 bridgehead atoms. The van der Waals surface area contributed by atoms with Crippen molar-refractivity contribution >= 4 is 0 Å². The first-order chi connectivity index (χ1) is 8.34. The summed E-state index contributed by atoms with van der Waals surface area (Å²) in [5.74, 6) is 2.19. The molecule has 0 radical (unpaired) electrons. The molecule has 1 saturated carbocycles. The van der Waals surface area contributed by atoms with Crippen molar-refractivity contribution in [2.45, 2.75) is 52.0 Å². The van der Waals surface area contributed by atoms with E-state index in [4.69, 9.17) is 4.98 Å². The minimum Gasteiger partial charge on any atom is -0.331 e. The average Bonchev–Trinajstić information content (AvgIpc) is 3.09. The van der Waals surface area contributed by atoms with Crippen molar-refractivity contribution in [2.24, 2.45) is 5.92 Å². The van der Waals surface area contributed by atoms with E-state index in [1.54, 1.807) is 0 Å². The van der Waals surface area contributed by atoms with E-state index >= 15 is 0 Å². The molecule has 1 heterocycles. The van der Waals surface area contributed by atoms with Gasteiger partial charge in [-0.1, -0.05) is 0 Å². The molecule has 1 aromatic heterocycles. The molecule has 3 rings (SSSR count). The Morgan fingerprint density at radius 2 is 2.12 bits per heavy atom. The van der Waals surface area contributed by atoms with Gasteiger partial charge in [-0.2, -0.15) is 0 Å². The molecule has 3 heteroatoms. The quantitative estimate of drug-likeness (QED) is 0.789. The third kappa shape index (κ3) is 2.54. The number of hydrogen-bond donors (Lipinski definition) is 1. The minimum atomic E-state index is 0.979. The molecule has 1 N–H and O–H groups in total. The van der Waals surface area contributed by atoms with Gasteiger partial charge in [0.05, 0.1) is 5.69 Å². The van der Waals surface area contributed by atoms with Crippen LogP contribution < -0.4 is 5.32 Å².